The van der Waals surface area contributed by atoms with E-state index in [1.165, 1.54) is 25.7 Å². The van der Waals surface area contributed by atoms with Crippen molar-refractivity contribution in [2.24, 2.45) is 5.92 Å². The molecule has 1 N–H and O–H groups in total. The lowest BCUT2D eigenvalue weighted by molar-refractivity contribution is -0.0503. The monoisotopic (exact) mass is 279 g/mol. The molecular weight excluding hydrogens is 258 g/mol. The molecule has 1 saturated carbocycles. The molecule has 2 nitrogen and oxygen atoms in total. The smallest absolute Gasteiger partial charge is 0.0964 e. The Labute approximate surface area is 120 Å². The highest BCUT2D eigenvalue weighted by Crippen LogP contribution is 2.37. The van der Waals surface area contributed by atoms with Gasteiger partial charge in [-0.05, 0) is 37.7 Å². The first kappa shape index (κ1) is 13.4. The number of benzene rings is 1. The van der Waals surface area contributed by atoms with Crippen molar-refractivity contribution in [3.63, 3.8) is 0 Å². The van der Waals surface area contributed by atoms with Gasteiger partial charge in [-0.2, -0.15) is 0 Å². The van der Waals surface area contributed by atoms with Gasteiger partial charge < -0.3 is 10.1 Å². The van der Waals surface area contributed by atoms with Crippen LogP contribution in [-0.2, 0) is 4.74 Å². The van der Waals surface area contributed by atoms with Crippen LogP contribution >= 0.6 is 11.6 Å². The molecule has 3 rings (SSSR count). The summed E-state index contributed by atoms with van der Waals surface area (Å²) in [4.78, 5) is 0. The second-order valence-corrected chi connectivity index (χ2v) is 6.57. The number of hydrogen-bond acceptors (Lipinski definition) is 2. The van der Waals surface area contributed by atoms with E-state index in [2.05, 4.69) is 18.3 Å². The molecule has 1 aliphatic heterocycles. The average Bonchev–Trinajstić information content (AvgIpc) is 2.44. The predicted molar refractivity (Wildman–Crippen MR) is 78.5 cm³/mol. The number of ether oxygens (including phenoxy) is 1. The van der Waals surface area contributed by atoms with Crippen molar-refractivity contribution in [2.75, 3.05) is 13.2 Å². The van der Waals surface area contributed by atoms with E-state index in [9.17, 15) is 0 Å². The van der Waals surface area contributed by atoms with Gasteiger partial charge in [0.15, 0.2) is 0 Å². The molecule has 1 aromatic rings. The maximum Gasteiger partial charge on any atom is 0.0964 e. The SMILES string of the molecule is CC1CCC2(CC1)COC(c1ccccc1Cl)CN2. The third kappa shape index (κ3) is 2.81. The average molecular weight is 280 g/mol. The van der Waals surface area contributed by atoms with E-state index in [4.69, 9.17) is 16.3 Å². The minimum Gasteiger partial charge on any atom is -0.370 e. The van der Waals surface area contributed by atoms with Gasteiger partial charge in [0.25, 0.3) is 0 Å². The molecule has 3 heteroatoms. The van der Waals surface area contributed by atoms with Crippen molar-refractivity contribution in [2.45, 2.75) is 44.2 Å². The number of nitrogens with one attached hydrogen (secondary N) is 1. The molecule has 19 heavy (non-hydrogen) atoms. The molecule has 2 fully saturated rings. The van der Waals surface area contributed by atoms with Gasteiger partial charge >= 0.3 is 0 Å². The van der Waals surface area contributed by atoms with E-state index in [-0.39, 0.29) is 11.6 Å². The maximum atomic E-state index is 6.25. The zero-order chi connectivity index (χ0) is 13.3. The molecule has 0 radical (unpaired) electrons. The fourth-order valence-corrected chi connectivity index (χ4v) is 3.51. The van der Waals surface area contributed by atoms with Crippen molar-refractivity contribution < 1.29 is 4.74 Å². The van der Waals surface area contributed by atoms with Gasteiger partial charge in [-0.25, -0.2) is 0 Å². The largest absolute Gasteiger partial charge is 0.370 e. The van der Waals surface area contributed by atoms with Crippen LogP contribution in [0, 0.1) is 5.92 Å². The van der Waals surface area contributed by atoms with Crippen LogP contribution < -0.4 is 5.32 Å². The Kier molecular flexibility index (Phi) is 3.84. The Morgan fingerprint density at radius 2 is 2.00 bits per heavy atom. The summed E-state index contributed by atoms with van der Waals surface area (Å²) in [6, 6.07) is 7.99. The standard InChI is InChI=1S/C16H22ClNO/c1-12-6-8-16(9-7-12)11-19-15(10-18-16)13-4-2-3-5-14(13)17/h2-5,12,15,18H,6-11H2,1H3. The summed E-state index contributed by atoms with van der Waals surface area (Å²) in [7, 11) is 0. The molecule has 1 heterocycles. The fraction of sp³-hybridized carbons (Fsp3) is 0.625. The van der Waals surface area contributed by atoms with E-state index in [1.54, 1.807) is 0 Å². The van der Waals surface area contributed by atoms with Gasteiger partial charge in [0.05, 0.1) is 12.7 Å². The first-order valence-electron chi connectivity index (χ1n) is 7.30. The quantitative estimate of drug-likeness (QED) is 0.840. The molecule has 1 aliphatic carbocycles. The van der Waals surface area contributed by atoms with Crippen molar-refractivity contribution in [3.05, 3.63) is 34.9 Å². The van der Waals surface area contributed by atoms with Crippen molar-refractivity contribution in [1.82, 2.24) is 5.32 Å². The Morgan fingerprint density at radius 3 is 2.63 bits per heavy atom. The normalized spacial score (nSPS) is 35.5. The van der Waals surface area contributed by atoms with Gasteiger partial charge in [-0.3, -0.25) is 0 Å². The van der Waals surface area contributed by atoms with E-state index in [0.717, 1.165) is 29.7 Å². The summed E-state index contributed by atoms with van der Waals surface area (Å²) < 4.78 is 6.13. The molecule has 0 amide bonds. The molecule has 104 valence electrons. The maximum absolute atomic E-state index is 6.25. The molecule has 1 atom stereocenters. The third-order valence-electron chi connectivity index (χ3n) is 4.71. The second kappa shape index (κ2) is 5.43. The summed E-state index contributed by atoms with van der Waals surface area (Å²) in [6.45, 7) is 4.04. The summed E-state index contributed by atoms with van der Waals surface area (Å²) in [5.74, 6) is 0.869. The summed E-state index contributed by atoms with van der Waals surface area (Å²) in [5, 5.41) is 4.56. The zero-order valence-corrected chi connectivity index (χ0v) is 12.2. The van der Waals surface area contributed by atoms with Gasteiger partial charge in [-0.1, -0.05) is 36.7 Å². The van der Waals surface area contributed by atoms with E-state index in [0.29, 0.717) is 0 Å². The molecule has 0 aromatic heterocycles. The van der Waals surface area contributed by atoms with Crippen LogP contribution in [-0.4, -0.2) is 18.7 Å². The Balaban J connectivity index is 1.65. The van der Waals surface area contributed by atoms with E-state index in [1.807, 2.05) is 18.2 Å². The van der Waals surface area contributed by atoms with Gasteiger partial charge in [0, 0.05) is 22.7 Å². The Morgan fingerprint density at radius 1 is 1.26 bits per heavy atom. The van der Waals surface area contributed by atoms with Crippen LogP contribution in [0.4, 0.5) is 0 Å². The van der Waals surface area contributed by atoms with Crippen LogP contribution in [0.1, 0.15) is 44.3 Å². The lowest BCUT2D eigenvalue weighted by Crippen LogP contribution is -2.56. The Bertz CT molecular complexity index is 430. The van der Waals surface area contributed by atoms with Crippen LogP contribution in [0.25, 0.3) is 0 Å². The van der Waals surface area contributed by atoms with Crippen molar-refractivity contribution >= 4 is 11.6 Å². The number of hydrogen-bond donors (Lipinski definition) is 1. The fourth-order valence-electron chi connectivity index (χ4n) is 3.25. The minimum atomic E-state index is 0.0960. The van der Waals surface area contributed by atoms with E-state index < -0.39 is 0 Å². The highest BCUT2D eigenvalue weighted by molar-refractivity contribution is 6.31. The van der Waals surface area contributed by atoms with Gasteiger partial charge in [-0.15, -0.1) is 0 Å². The highest BCUT2D eigenvalue weighted by atomic mass is 35.5. The molecule has 0 bridgehead atoms. The van der Waals surface area contributed by atoms with Gasteiger partial charge in [0.2, 0.25) is 0 Å². The lowest BCUT2D eigenvalue weighted by atomic mass is 9.77. The zero-order valence-electron chi connectivity index (χ0n) is 11.5. The van der Waals surface area contributed by atoms with Crippen LogP contribution in [0.2, 0.25) is 5.02 Å². The summed E-state index contributed by atoms with van der Waals surface area (Å²) in [5.41, 5.74) is 1.33. The molecular formula is C16H22ClNO. The molecule has 1 spiro atoms. The highest BCUT2D eigenvalue weighted by Gasteiger charge is 2.38. The number of morpholine rings is 1. The third-order valence-corrected chi connectivity index (χ3v) is 5.05. The topological polar surface area (TPSA) is 21.3 Å². The first-order chi connectivity index (χ1) is 9.19. The molecule has 1 saturated heterocycles. The molecule has 1 aromatic carbocycles. The number of halogens is 1. The second-order valence-electron chi connectivity index (χ2n) is 6.16. The van der Waals surface area contributed by atoms with E-state index >= 15 is 0 Å². The van der Waals surface area contributed by atoms with Crippen LogP contribution in [0.15, 0.2) is 24.3 Å². The van der Waals surface area contributed by atoms with Crippen molar-refractivity contribution in [3.8, 4) is 0 Å². The predicted octanol–water partition coefficient (Wildman–Crippen LogP) is 3.95. The van der Waals surface area contributed by atoms with Crippen LogP contribution in [0.5, 0.6) is 0 Å². The van der Waals surface area contributed by atoms with Crippen LogP contribution in [0.3, 0.4) is 0 Å². The summed E-state index contributed by atoms with van der Waals surface area (Å²) >= 11 is 6.25. The first-order valence-corrected chi connectivity index (χ1v) is 7.67. The molecule has 1 unspecified atom stereocenters. The minimum absolute atomic E-state index is 0.0960. The summed E-state index contributed by atoms with van der Waals surface area (Å²) in [6.07, 6.45) is 5.20. The van der Waals surface area contributed by atoms with Gasteiger partial charge in [0.1, 0.15) is 0 Å². The lowest BCUT2D eigenvalue weighted by Gasteiger charge is -2.45. The molecule has 2 aliphatic rings. The number of rotatable bonds is 1. The van der Waals surface area contributed by atoms with Crippen molar-refractivity contribution in [1.29, 1.82) is 0 Å². The Hall–Kier alpha value is -0.570.